The van der Waals surface area contributed by atoms with E-state index in [0.717, 1.165) is 11.4 Å². The Morgan fingerprint density at radius 3 is 2.61 bits per heavy atom. The third-order valence-corrected chi connectivity index (χ3v) is 6.37. The van der Waals surface area contributed by atoms with Gasteiger partial charge in [0, 0.05) is 13.1 Å². The molecule has 0 saturated carbocycles. The lowest BCUT2D eigenvalue weighted by molar-refractivity contribution is 0.188. The van der Waals surface area contributed by atoms with Gasteiger partial charge in [0.1, 0.15) is 18.0 Å². The van der Waals surface area contributed by atoms with E-state index >= 15 is 0 Å². The molecule has 0 amide bonds. The van der Waals surface area contributed by atoms with Crippen LogP contribution in [-0.2, 0) is 16.6 Å². The number of rotatable bonds is 9. The van der Waals surface area contributed by atoms with Crippen molar-refractivity contribution in [3.63, 3.8) is 0 Å². The van der Waals surface area contributed by atoms with E-state index in [1.807, 2.05) is 36.5 Å². The van der Waals surface area contributed by atoms with E-state index in [-0.39, 0.29) is 11.8 Å². The van der Waals surface area contributed by atoms with Gasteiger partial charge in [0.15, 0.2) is 0 Å². The molecule has 0 unspecified atom stereocenters. The van der Waals surface area contributed by atoms with E-state index in [4.69, 9.17) is 4.74 Å². The number of ether oxygens (including phenoxy) is 1. The van der Waals surface area contributed by atoms with Crippen molar-refractivity contribution in [2.75, 3.05) is 25.4 Å². The molecule has 0 bridgehead atoms. The van der Waals surface area contributed by atoms with Crippen LogP contribution in [-0.4, -0.2) is 68.2 Å². The average Bonchev–Trinajstić information content (AvgIpc) is 3.31. The van der Waals surface area contributed by atoms with Crippen LogP contribution in [0.2, 0.25) is 0 Å². The van der Waals surface area contributed by atoms with Gasteiger partial charge in [-0.3, -0.25) is 0 Å². The highest BCUT2D eigenvalue weighted by Crippen LogP contribution is 2.24. The zero-order valence-electron chi connectivity index (χ0n) is 15.2. The summed E-state index contributed by atoms with van der Waals surface area (Å²) in [6, 6.07) is 9.37. The zero-order valence-corrected chi connectivity index (χ0v) is 16.0. The minimum Gasteiger partial charge on any atom is -0.494 e. The summed E-state index contributed by atoms with van der Waals surface area (Å²) >= 11 is 0. The van der Waals surface area contributed by atoms with Gasteiger partial charge in [-0.25, -0.2) is 13.1 Å². The number of sulfonamides is 1. The van der Waals surface area contributed by atoms with Crippen LogP contribution in [0, 0.1) is 0 Å². The molecular formula is C17H21N7O3S. The Hall–Kier alpha value is -2.79. The van der Waals surface area contributed by atoms with Crippen molar-refractivity contribution in [2.45, 2.75) is 19.0 Å². The van der Waals surface area contributed by atoms with Crippen molar-refractivity contribution in [3.8, 4) is 5.75 Å². The molecule has 148 valence electrons. The molecule has 1 fully saturated rings. The Labute approximate surface area is 162 Å². The second-order valence-electron chi connectivity index (χ2n) is 6.55. The quantitative estimate of drug-likeness (QED) is 0.481. The smallest absolute Gasteiger partial charge is 0.214 e. The van der Waals surface area contributed by atoms with Crippen LogP contribution in [0.25, 0.3) is 0 Å². The lowest BCUT2D eigenvalue weighted by atomic mass is 10.2. The summed E-state index contributed by atoms with van der Waals surface area (Å²) in [5.74, 6) is 0.816. The summed E-state index contributed by atoms with van der Waals surface area (Å²) in [5, 5.41) is 16.3. The molecule has 2 aromatic heterocycles. The average molecular weight is 403 g/mol. The number of para-hydroxylation sites is 1. The molecule has 11 heteroatoms. The van der Waals surface area contributed by atoms with E-state index in [9.17, 15) is 8.42 Å². The largest absolute Gasteiger partial charge is 0.494 e. The van der Waals surface area contributed by atoms with E-state index in [1.165, 1.54) is 9.10 Å². The van der Waals surface area contributed by atoms with Gasteiger partial charge in [0.05, 0.1) is 37.0 Å². The highest BCUT2D eigenvalue weighted by Gasteiger charge is 2.37. The van der Waals surface area contributed by atoms with Crippen molar-refractivity contribution in [2.24, 2.45) is 0 Å². The number of aromatic nitrogens is 6. The predicted molar refractivity (Wildman–Crippen MR) is 100 cm³/mol. The lowest BCUT2D eigenvalue weighted by Crippen LogP contribution is -2.51. The number of hydrogen-bond donors (Lipinski definition) is 0. The number of nitrogens with zero attached hydrogens (tertiary/aromatic N) is 7. The number of hydrogen-bond acceptors (Lipinski definition) is 7. The number of benzene rings is 1. The second kappa shape index (κ2) is 8.07. The van der Waals surface area contributed by atoms with Crippen LogP contribution in [0.15, 0.2) is 48.9 Å². The van der Waals surface area contributed by atoms with E-state index in [0.29, 0.717) is 32.7 Å². The summed E-state index contributed by atoms with van der Waals surface area (Å²) in [7, 11) is -3.29. The Bertz CT molecular complexity index is 983. The van der Waals surface area contributed by atoms with Crippen molar-refractivity contribution in [1.82, 2.24) is 34.3 Å². The molecule has 3 heterocycles. The normalized spacial score (nSPS) is 15.4. The molecule has 0 spiro atoms. The minimum absolute atomic E-state index is 0.00201. The second-order valence-corrected chi connectivity index (χ2v) is 8.64. The van der Waals surface area contributed by atoms with Gasteiger partial charge in [-0.05, 0) is 18.6 Å². The monoisotopic (exact) mass is 403 g/mol. The van der Waals surface area contributed by atoms with Crippen LogP contribution in [0.4, 0.5) is 0 Å². The first-order valence-electron chi connectivity index (χ1n) is 9.01. The molecule has 3 aromatic rings. The van der Waals surface area contributed by atoms with Crippen molar-refractivity contribution in [3.05, 3.63) is 54.6 Å². The molecule has 1 aliphatic heterocycles. The first-order valence-corrected chi connectivity index (χ1v) is 10.6. The molecule has 0 N–H and O–H groups in total. The summed E-state index contributed by atoms with van der Waals surface area (Å²) in [6.07, 6.45) is 5.46. The van der Waals surface area contributed by atoms with Gasteiger partial charge >= 0.3 is 0 Å². The van der Waals surface area contributed by atoms with Gasteiger partial charge in [0.25, 0.3) is 0 Å². The summed E-state index contributed by atoms with van der Waals surface area (Å²) in [5.41, 5.74) is 0.732. The summed E-state index contributed by atoms with van der Waals surface area (Å²) in [6.45, 7) is 1.62. The highest BCUT2D eigenvalue weighted by molar-refractivity contribution is 7.89. The summed E-state index contributed by atoms with van der Waals surface area (Å²) in [4.78, 5) is 1.52. The SMILES string of the molecule is O=S(=O)(CCCOc1ccccc1)N1CC(n2cc(Cn3nccn3)nn2)C1. The van der Waals surface area contributed by atoms with E-state index in [2.05, 4.69) is 20.5 Å². The van der Waals surface area contributed by atoms with Crippen LogP contribution < -0.4 is 4.74 Å². The first-order chi connectivity index (χ1) is 13.6. The Morgan fingerprint density at radius 2 is 1.86 bits per heavy atom. The Morgan fingerprint density at radius 1 is 1.11 bits per heavy atom. The van der Waals surface area contributed by atoms with Gasteiger partial charge < -0.3 is 4.74 Å². The molecule has 4 rings (SSSR count). The molecule has 1 aromatic carbocycles. The molecule has 28 heavy (non-hydrogen) atoms. The van der Waals surface area contributed by atoms with Crippen molar-refractivity contribution >= 4 is 10.0 Å². The van der Waals surface area contributed by atoms with Crippen LogP contribution in [0.1, 0.15) is 18.2 Å². The maximum absolute atomic E-state index is 12.4. The zero-order chi connectivity index (χ0) is 19.4. The molecular weight excluding hydrogens is 382 g/mol. The third kappa shape index (κ3) is 4.37. The van der Waals surface area contributed by atoms with Crippen LogP contribution in [0.5, 0.6) is 5.75 Å². The predicted octanol–water partition coefficient (Wildman–Crippen LogP) is 0.573. The maximum Gasteiger partial charge on any atom is 0.214 e. The summed E-state index contributed by atoms with van der Waals surface area (Å²) < 4.78 is 33.6. The van der Waals surface area contributed by atoms with E-state index < -0.39 is 10.0 Å². The standard InChI is InChI=1S/C17H21N7O3S/c25-28(26,10-4-9-27-17-5-2-1-3-6-17)22-13-16(14-22)23-11-15(20-21-23)12-24-18-7-8-19-24/h1-3,5-8,11,16H,4,9-10,12-14H2. The first kappa shape index (κ1) is 18.6. The van der Waals surface area contributed by atoms with Crippen molar-refractivity contribution in [1.29, 1.82) is 0 Å². The third-order valence-electron chi connectivity index (χ3n) is 4.48. The molecule has 0 radical (unpaired) electrons. The molecule has 0 aliphatic carbocycles. The van der Waals surface area contributed by atoms with E-state index in [1.54, 1.807) is 17.1 Å². The van der Waals surface area contributed by atoms with Gasteiger partial charge in [-0.15, -0.1) is 5.10 Å². The van der Waals surface area contributed by atoms with Gasteiger partial charge in [-0.1, -0.05) is 23.4 Å². The molecule has 1 aliphatic rings. The maximum atomic E-state index is 12.4. The minimum atomic E-state index is -3.29. The highest BCUT2D eigenvalue weighted by atomic mass is 32.2. The molecule has 0 atom stereocenters. The molecule has 10 nitrogen and oxygen atoms in total. The fraction of sp³-hybridized carbons (Fsp3) is 0.412. The topological polar surface area (TPSA) is 108 Å². The fourth-order valence-electron chi connectivity index (χ4n) is 2.92. The van der Waals surface area contributed by atoms with Crippen LogP contribution in [0.3, 0.4) is 0 Å². The Kier molecular flexibility index (Phi) is 5.35. The molecule has 1 saturated heterocycles. The Balaban J connectivity index is 1.22. The van der Waals surface area contributed by atoms with Gasteiger partial charge in [-0.2, -0.15) is 19.3 Å². The lowest BCUT2D eigenvalue weighted by Gasteiger charge is -2.37. The fourth-order valence-corrected chi connectivity index (χ4v) is 4.46. The van der Waals surface area contributed by atoms with Crippen molar-refractivity contribution < 1.29 is 13.2 Å². The van der Waals surface area contributed by atoms with Crippen LogP contribution >= 0.6 is 0 Å². The van der Waals surface area contributed by atoms with Gasteiger partial charge in [0.2, 0.25) is 10.0 Å².